The zero-order chi connectivity index (χ0) is 21.5. The average molecular weight is 595 g/mol. The molecule has 0 saturated carbocycles. The summed E-state index contributed by atoms with van der Waals surface area (Å²) in [5.41, 5.74) is 3.09. The Hall–Kier alpha value is -2.01. The smallest absolute Gasteiger partial charge is 0.175 e. The van der Waals surface area contributed by atoms with Crippen molar-refractivity contribution >= 4 is 61.8 Å². The summed E-state index contributed by atoms with van der Waals surface area (Å²) >= 11 is 11.9. The van der Waals surface area contributed by atoms with Crippen LogP contribution in [0.25, 0.3) is 11.6 Å². The number of nitriles is 1. The maximum Gasteiger partial charge on any atom is 0.175 e. The van der Waals surface area contributed by atoms with Gasteiger partial charge in [0, 0.05) is 15.1 Å². The minimum absolute atomic E-state index is 0.432. The summed E-state index contributed by atoms with van der Waals surface area (Å²) in [6, 6.07) is 21.4. The summed E-state index contributed by atoms with van der Waals surface area (Å²) in [4.78, 5) is 0. The van der Waals surface area contributed by atoms with E-state index >= 15 is 0 Å². The van der Waals surface area contributed by atoms with E-state index < -0.39 is 0 Å². The fourth-order valence-corrected chi connectivity index (χ4v) is 4.11. The van der Waals surface area contributed by atoms with Crippen molar-refractivity contribution in [3.8, 4) is 17.6 Å². The number of hydrogen-bond acceptors (Lipinski definition) is 3. The molecule has 152 valence electrons. The van der Waals surface area contributed by atoms with Crippen LogP contribution in [0.5, 0.6) is 11.5 Å². The van der Waals surface area contributed by atoms with Gasteiger partial charge >= 0.3 is 0 Å². The first-order valence-corrected chi connectivity index (χ1v) is 11.5. The van der Waals surface area contributed by atoms with Gasteiger partial charge in [-0.05, 0) is 77.0 Å². The van der Waals surface area contributed by atoms with Crippen LogP contribution >= 0.6 is 50.1 Å². The molecule has 0 aliphatic rings. The van der Waals surface area contributed by atoms with Gasteiger partial charge < -0.3 is 9.47 Å². The van der Waals surface area contributed by atoms with Crippen LogP contribution in [0.4, 0.5) is 0 Å². The van der Waals surface area contributed by atoms with Gasteiger partial charge in [-0.25, -0.2) is 0 Å². The van der Waals surface area contributed by atoms with Gasteiger partial charge in [-0.15, -0.1) is 0 Å². The third-order valence-corrected chi connectivity index (χ3v) is 5.88. The van der Waals surface area contributed by atoms with Crippen molar-refractivity contribution in [2.45, 2.75) is 13.5 Å². The van der Waals surface area contributed by atoms with Crippen LogP contribution in [0.15, 0.2) is 65.1 Å². The van der Waals surface area contributed by atoms with E-state index in [1.54, 1.807) is 6.07 Å². The predicted molar refractivity (Wildman–Crippen MR) is 134 cm³/mol. The van der Waals surface area contributed by atoms with E-state index in [0.717, 1.165) is 19.2 Å². The van der Waals surface area contributed by atoms with Crippen LogP contribution in [-0.4, -0.2) is 6.61 Å². The maximum atomic E-state index is 9.65. The molecular formula is C24H18BrClINO2. The standard InChI is InChI=1S/C24H18BrClINO2/c1-2-29-23-13-17(11-18(14-28)20-5-3-4-6-21(20)26)12-22(27)24(23)30-15-16-7-9-19(25)10-8-16/h3-13H,2,15H2,1H3. The SMILES string of the molecule is CCOc1cc(C=C(C#N)c2ccccc2Cl)cc(I)c1OCc1ccc(Br)cc1. The van der Waals surface area contributed by atoms with Gasteiger partial charge in [-0.2, -0.15) is 5.26 Å². The van der Waals surface area contributed by atoms with Crippen molar-refractivity contribution in [1.29, 1.82) is 5.26 Å². The van der Waals surface area contributed by atoms with E-state index in [4.69, 9.17) is 21.1 Å². The van der Waals surface area contributed by atoms with Gasteiger partial charge in [-0.3, -0.25) is 0 Å². The second-order valence-electron chi connectivity index (χ2n) is 6.33. The van der Waals surface area contributed by atoms with E-state index in [9.17, 15) is 5.26 Å². The molecule has 3 nitrogen and oxygen atoms in total. The molecule has 0 atom stereocenters. The summed E-state index contributed by atoms with van der Waals surface area (Å²) in [6.07, 6.45) is 1.81. The van der Waals surface area contributed by atoms with Gasteiger partial charge in [0.2, 0.25) is 0 Å². The molecule has 0 aliphatic heterocycles. The largest absolute Gasteiger partial charge is 0.490 e. The zero-order valence-electron chi connectivity index (χ0n) is 16.2. The van der Waals surface area contributed by atoms with Crippen molar-refractivity contribution in [1.82, 2.24) is 0 Å². The third-order valence-electron chi connectivity index (χ3n) is 4.22. The second-order valence-corrected chi connectivity index (χ2v) is 8.81. The normalized spacial score (nSPS) is 11.1. The highest BCUT2D eigenvalue weighted by Crippen LogP contribution is 2.36. The Morgan fingerprint density at radius 1 is 1.13 bits per heavy atom. The molecule has 3 rings (SSSR count). The number of halogens is 3. The summed E-state index contributed by atoms with van der Waals surface area (Å²) < 4.78 is 13.8. The van der Waals surface area contributed by atoms with Crippen LogP contribution < -0.4 is 9.47 Å². The summed E-state index contributed by atoms with van der Waals surface area (Å²) in [6.45, 7) is 2.87. The summed E-state index contributed by atoms with van der Waals surface area (Å²) in [5.74, 6) is 1.33. The Kier molecular flexibility index (Phi) is 8.20. The molecular weight excluding hydrogens is 577 g/mol. The molecule has 0 aromatic heterocycles. The number of allylic oxidation sites excluding steroid dienone is 1. The quantitative estimate of drug-likeness (QED) is 0.160. The van der Waals surface area contributed by atoms with Crippen molar-refractivity contribution in [2.75, 3.05) is 6.61 Å². The molecule has 6 heteroatoms. The molecule has 0 radical (unpaired) electrons. The first-order chi connectivity index (χ1) is 14.5. The molecule has 0 saturated heterocycles. The molecule has 3 aromatic carbocycles. The fraction of sp³-hybridized carbons (Fsp3) is 0.125. The average Bonchev–Trinajstić information content (AvgIpc) is 2.73. The zero-order valence-corrected chi connectivity index (χ0v) is 20.7. The number of rotatable bonds is 7. The van der Waals surface area contributed by atoms with Gasteiger partial charge in [0.05, 0.1) is 21.8 Å². The van der Waals surface area contributed by atoms with E-state index in [0.29, 0.717) is 40.9 Å². The molecule has 0 spiro atoms. The van der Waals surface area contributed by atoms with E-state index in [-0.39, 0.29) is 0 Å². The Morgan fingerprint density at radius 3 is 2.53 bits per heavy atom. The van der Waals surface area contributed by atoms with Crippen molar-refractivity contribution in [2.24, 2.45) is 0 Å². The lowest BCUT2D eigenvalue weighted by Crippen LogP contribution is -2.02. The number of ether oxygens (including phenoxy) is 2. The Balaban J connectivity index is 1.93. The van der Waals surface area contributed by atoms with Gasteiger partial charge in [-0.1, -0.05) is 57.9 Å². The molecule has 0 unspecified atom stereocenters. The molecule has 0 aliphatic carbocycles. The van der Waals surface area contributed by atoms with Gasteiger partial charge in [0.1, 0.15) is 6.61 Å². The lowest BCUT2D eigenvalue weighted by atomic mass is 10.0. The Morgan fingerprint density at radius 2 is 1.87 bits per heavy atom. The van der Waals surface area contributed by atoms with Crippen LogP contribution in [0, 0.1) is 14.9 Å². The van der Waals surface area contributed by atoms with E-state index in [1.165, 1.54) is 0 Å². The first-order valence-electron chi connectivity index (χ1n) is 9.22. The molecule has 0 heterocycles. The minimum atomic E-state index is 0.432. The van der Waals surface area contributed by atoms with Crippen molar-refractivity contribution < 1.29 is 9.47 Å². The van der Waals surface area contributed by atoms with Crippen LogP contribution in [0.2, 0.25) is 5.02 Å². The highest BCUT2D eigenvalue weighted by Gasteiger charge is 2.13. The molecule has 30 heavy (non-hydrogen) atoms. The lowest BCUT2D eigenvalue weighted by Gasteiger charge is -2.15. The predicted octanol–water partition coefficient (Wildman–Crippen LogP) is 7.75. The molecule has 0 bridgehead atoms. The maximum absolute atomic E-state index is 9.65. The minimum Gasteiger partial charge on any atom is -0.490 e. The van der Waals surface area contributed by atoms with Crippen LogP contribution in [0.3, 0.4) is 0 Å². The van der Waals surface area contributed by atoms with Crippen molar-refractivity contribution in [3.63, 3.8) is 0 Å². The van der Waals surface area contributed by atoms with Gasteiger partial charge in [0.25, 0.3) is 0 Å². The second kappa shape index (κ2) is 10.9. The Bertz CT molecular complexity index is 1110. The summed E-state index contributed by atoms with van der Waals surface area (Å²) in [5, 5.41) is 10.2. The van der Waals surface area contributed by atoms with Crippen molar-refractivity contribution in [3.05, 3.63) is 90.4 Å². The highest BCUT2D eigenvalue weighted by molar-refractivity contribution is 14.1. The Labute approximate surface area is 203 Å². The van der Waals surface area contributed by atoms with Crippen LogP contribution in [0.1, 0.15) is 23.6 Å². The van der Waals surface area contributed by atoms with E-state index in [1.807, 2.05) is 67.6 Å². The topological polar surface area (TPSA) is 42.2 Å². The lowest BCUT2D eigenvalue weighted by molar-refractivity contribution is 0.267. The summed E-state index contributed by atoms with van der Waals surface area (Å²) in [7, 11) is 0. The number of benzene rings is 3. The molecule has 0 amide bonds. The highest BCUT2D eigenvalue weighted by atomic mass is 127. The third kappa shape index (κ3) is 5.78. The monoisotopic (exact) mass is 593 g/mol. The number of nitrogens with zero attached hydrogens (tertiary/aromatic N) is 1. The van der Waals surface area contributed by atoms with Gasteiger partial charge in [0.15, 0.2) is 11.5 Å². The molecule has 3 aromatic rings. The fourth-order valence-electron chi connectivity index (χ4n) is 2.83. The van der Waals surface area contributed by atoms with E-state index in [2.05, 4.69) is 44.6 Å². The molecule has 0 N–H and O–H groups in total. The van der Waals surface area contributed by atoms with Crippen LogP contribution in [-0.2, 0) is 6.61 Å². The first kappa shape index (κ1) is 22.7. The number of hydrogen-bond donors (Lipinski definition) is 0. The molecule has 0 fully saturated rings.